The predicted molar refractivity (Wildman–Crippen MR) is 117 cm³/mol. The van der Waals surface area contributed by atoms with E-state index in [1.54, 1.807) is 11.3 Å². The van der Waals surface area contributed by atoms with Gasteiger partial charge in [0.2, 0.25) is 5.91 Å². The molecule has 2 atom stereocenters. The fourth-order valence-electron chi connectivity index (χ4n) is 3.36. The first-order valence-electron chi connectivity index (χ1n) is 10.2. The van der Waals surface area contributed by atoms with Gasteiger partial charge in [-0.25, -0.2) is 0 Å². The van der Waals surface area contributed by atoms with Gasteiger partial charge in [-0.1, -0.05) is 18.2 Å². The minimum atomic E-state index is -0.266. The van der Waals surface area contributed by atoms with Crippen LogP contribution in [0.15, 0.2) is 41.8 Å². The van der Waals surface area contributed by atoms with Crippen molar-refractivity contribution in [1.29, 1.82) is 0 Å². The van der Waals surface area contributed by atoms with Gasteiger partial charge in [0.1, 0.15) is 12.4 Å². The molecule has 0 spiro atoms. The number of rotatable bonds is 10. The van der Waals surface area contributed by atoms with Crippen LogP contribution in [0.25, 0.3) is 0 Å². The van der Waals surface area contributed by atoms with Crippen molar-refractivity contribution in [3.63, 3.8) is 0 Å². The molecule has 1 fully saturated rings. The maximum Gasteiger partial charge on any atom is 0.236 e. The second kappa shape index (κ2) is 11.3. The predicted octanol–water partition coefficient (Wildman–Crippen LogP) is 2.60. The summed E-state index contributed by atoms with van der Waals surface area (Å²) in [7, 11) is 0. The van der Waals surface area contributed by atoms with Gasteiger partial charge in [-0.15, -0.1) is 11.3 Å². The van der Waals surface area contributed by atoms with E-state index in [2.05, 4.69) is 33.0 Å². The Balaban J connectivity index is 1.41. The second-order valence-electron chi connectivity index (χ2n) is 7.27. The SMILES string of the molecule is Cc1cccc(OCCNC(=O)C(C)NCC(c2cccs2)N2CCOCC2)c1. The fourth-order valence-corrected chi connectivity index (χ4v) is 4.22. The molecule has 2 aromatic rings. The zero-order valence-electron chi connectivity index (χ0n) is 17.2. The standard InChI is InChI=1S/C22H31N3O3S/c1-17-5-3-6-19(15-17)28-11-8-23-22(26)18(2)24-16-20(21-7-4-14-29-21)25-9-12-27-13-10-25/h3-7,14-15,18,20,24H,8-13,16H2,1-2H3,(H,23,26). The Morgan fingerprint density at radius 1 is 1.28 bits per heavy atom. The molecule has 1 aromatic carbocycles. The van der Waals surface area contributed by atoms with Gasteiger partial charge in [0, 0.05) is 24.5 Å². The molecule has 6 nitrogen and oxygen atoms in total. The number of nitrogens with one attached hydrogen (secondary N) is 2. The molecule has 1 amide bonds. The minimum Gasteiger partial charge on any atom is -0.492 e. The van der Waals surface area contributed by atoms with Crippen LogP contribution in [-0.2, 0) is 9.53 Å². The van der Waals surface area contributed by atoms with Gasteiger partial charge in [0.05, 0.1) is 31.8 Å². The molecular formula is C22H31N3O3S. The van der Waals surface area contributed by atoms with Gasteiger partial charge < -0.3 is 20.1 Å². The molecule has 1 aromatic heterocycles. The molecule has 158 valence electrons. The fraction of sp³-hybridized carbons (Fsp3) is 0.500. The number of ether oxygens (including phenoxy) is 2. The number of hydrogen-bond donors (Lipinski definition) is 2. The lowest BCUT2D eigenvalue weighted by atomic mass is 10.1. The van der Waals surface area contributed by atoms with Crippen LogP contribution in [0.5, 0.6) is 5.75 Å². The lowest BCUT2D eigenvalue weighted by molar-refractivity contribution is -0.122. The summed E-state index contributed by atoms with van der Waals surface area (Å²) in [5, 5.41) is 8.46. The number of carbonyl (C=O) groups is 1. The molecule has 2 unspecified atom stereocenters. The second-order valence-corrected chi connectivity index (χ2v) is 8.24. The summed E-state index contributed by atoms with van der Waals surface area (Å²) < 4.78 is 11.2. The van der Waals surface area contributed by atoms with Crippen LogP contribution in [0, 0.1) is 6.92 Å². The van der Waals surface area contributed by atoms with Crippen LogP contribution >= 0.6 is 11.3 Å². The molecule has 29 heavy (non-hydrogen) atoms. The molecule has 0 bridgehead atoms. The zero-order valence-corrected chi connectivity index (χ0v) is 18.0. The van der Waals surface area contributed by atoms with Crippen LogP contribution in [0.4, 0.5) is 0 Å². The highest BCUT2D eigenvalue weighted by atomic mass is 32.1. The summed E-state index contributed by atoms with van der Waals surface area (Å²) in [6.07, 6.45) is 0. The molecule has 7 heteroatoms. The first-order chi connectivity index (χ1) is 14.1. The number of nitrogens with zero attached hydrogens (tertiary/aromatic N) is 1. The largest absolute Gasteiger partial charge is 0.492 e. The van der Waals surface area contributed by atoms with Gasteiger partial charge in [-0.2, -0.15) is 0 Å². The zero-order chi connectivity index (χ0) is 20.5. The first-order valence-corrected chi connectivity index (χ1v) is 11.1. The van der Waals surface area contributed by atoms with E-state index in [1.807, 2.05) is 38.1 Å². The topological polar surface area (TPSA) is 62.8 Å². The third kappa shape index (κ3) is 6.82. The maximum atomic E-state index is 12.4. The molecule has 1 aliphatic heterocycles. The Hall–Kier alpha value is -1.93. The van der Waals surface area contributed by atoms with E-state index in [9.17, 15) is 4.79 Å². The van der Waals surface area contributed by atoms with Gasteiger partial charge >= 0.3 is 0 Å². The highest BCUT2D eigenvalue weighted by Crippen LogP contribution is 2.25. The third-order valence-electron chi connectivity index (χ3n) is 5.03. The van der Waals surface area contributed by atoms with E-state index >= 15 is 0 Å². The molecule has 2 heterocycles. The highest BCUT2D eigenvalue weighted by Gasteiger charge is 2.24. The average Bonchev–Trinajstić information content (AvgIpc) is 3.26. The van der Waals surface area contributed by atoms with Gasteiger partial charge in [-0.05, 0) is 43.0 Å². The maximum absolute atomic E-state index is 12.4. The van der Waals surface area contributed by atoms with Gasteiger partial charge in [0.25, 0.3) is 0 Å². The summed E-state index contributed by atoms with van der Waals surface area (Å²) in [6.45, 7) is 8.96. The van der Waals surface area contributed by atoms with Crippen LogP contribution in [0.1, 0.15) is 23.4 Å². The van der Waals surface area contributed by atoms with E-state index in [-0.39, 0.29) is 18.0 Å². The van der Waals surface area contributed by atoms with Gasteiger partial charge in [-0.3, -0.25) is 9.69 Å². The first kappa shape index (κ1) is 21.8. The summed E-state index contributed by atoms with van der Waals surface area (Å²) >= 11 is 1.76. The van der Waals surface area contributed by atoms with Crippen molar-refractivity contribution >= 4 is 17.2 Å². The quantitative estimate of drug-likeness (QED) is 0.582. The lowest BCUT2D eigenvalue weighted by Crippen LogP contribution is -2.48. The monoisotopic (exact) mass is 417 g/mol. The van der Waals surface area contributed by atoms with Crippen molar-refractivity contribution in [3.8, 4) is 5.75 Å². The smallest absolute Gasteiger partial charge is 0.236 e. The van der Waals surface area contributed by atoms with E-state index in [4.69, 9.17) is 9.47 Å². The molecular weight excluding hydrogens is 386 g/mol. The Morgan fingerprint density at radius 3 is 2.83 bits per heavy atom. The Labute approximate surface area is 177 Å². The van der Waals surface area contributed by atoms with Crippen molar-refractivity contribution in [1.82, 2.24) is 15.5 Å². The molecule has 3 rings (SSSR count). The number of amides is 1. The van der Waals surface area contributed by atoms with E-state index in [1.165, 1.54) is 4.88 Å². The molecule has 0 radical (unpaired) electrons. The molecule has 1 saturated heterocycles. The van der Waals surface area contributed by atoms with Crippen LogP contribution in [-0.4, -0.2) is 62.8 Å². The van der Waals surface area contributed by atoms with Crippen molar-refractivity contribution in [2.45, 2.75) is 25.9 Å². The number of hydrogen-bond acceptors (Lipinski definition) is 6. The number of aryl methyl sites for hydroxylation is 1. The van der Waals surface area contributed by atoms with Crippen LogP contribution in [0.2, 0.25) is 0 Å². The molecule has 1 aliphatic rings. The number of benzene rings is 1. The lowest BCUT2D eigenvalue weighted by Gasteiger charge is -2.34. The molecule has 0 aliphatic carbocycles. The van der Waals surface area contributed by atoms with Crippen molar-refractivity contribution < 1.29 is 14.3 Å². The van der Waals surface area contributed by atoms with Crippen LogP contribution < -0.4 is 15.4 Å². The van der Waals surface area contributed by atoms with Crippen molar-refractivity contribution in [2.75, 3.05) is 46.0 Å². The summed E-state index contributed by atoms with van der Waals surface area (Å²) in [5.74, 6) is 0.819. The number of morpholine rings is 1. The van der Waals surface area contributed by atoms with E-state index < -0.39 is 0 Å². The van der Waals surface area contributed by atoms with Crippen molar-refractivity contribution in [2.24, 2.45) is 0 Å². The number of carbonyl (C=O) groups excluding carboxylic acids is 1. The summed E-state index contributed by atoms with van der Waals surface area (Å²) in [4.78, 5) is 16.2. The Kier molecular flexibility index (Phi) is 8.49. The Morgan fingerprint density at radius 2 is 2.10 bits per heavy atom. The van der Waals surface area contributed by atoms with E-state index in [0.29, 0.717) is 13.2 Å². The average molecular weight is 418 g/mol. The normalized spacial score (nSPS) is 16.9. The molecule has 0 saturated carbocycles. The Bertz CT molecular complexity index is 748. The number of thiophene rings is 1. The van der Waals surface area contributed by atoms with Crippen LogP contribution in [0.3, 0.4) is 0 Å². The van der Waals surface area contributed by atoms with Gasteiger partial charge in [0.15, 0.2) is 0 Å². The summed E-state index contributed by atoms with van der Waals surface area (Å²) in [6, 6.07) is 12.2. The summed E-state index contributed by atoms with van der Waals surface area (Å²) in [5.41, 5.74) is 1.16. The highest BCUT2D eigenvalue weighted by molar-refractivity contribution is 7.10. The minimum absolute atomic E-state index is 0.00949. The third-order valence-corrected chi connectivity index (χ3v) is 6.00. The molecule has 2 N–H and O–H groups in total. The van der Waals surface area contributed by atoms with Crippen molar-refractivity contribution in [3.05, 3.63) is 52.2 Å². The van der Waals surface area contributed by atoms with E-state index in [0.717, 1.165) is 44.2 Å².